The molecule has 0 fully saturated rings. The van der Waals surface area contributed by atoms with Crippen LogP contribution in [-0.2, 0) is 19.6 Å². The van der Waals surface area contributed by atoms with Crippen LogP contribution in [0.1, 0.15) is 13.8 Å². The molecule has 0 bridgehead atoms. The smallest absolute Gasteiger partial charge is 0.250 e. The van der Waals surface area contributed by atoms with Crippen LogP contribution >= 0.6 is 11.6 Å². The zero-order valence-electron chi connectivity index (χ0n) is 15.9. The minimum atomic E-state index is -3.69. The van der Waals surface area contributed by atoms with E-state index in [-0.39, 0.29) is 17.2 Å². The number of carbonyl (C=O) groups is 1. The fraction of sp³-hybridized carbons (Fsp3) is 0.316. The van der Waals surface area contributed by atoms with Crippen LogP contribution in [0.15, 0.2) is 47.4 Å². The van der Waals surface area contributed by atoms with Crippen molar-refractivity contribution in [3.05, 3.63) is 47.5 Å². The Morgan fingerprint density at radius 3 is 2.32 bits per heavy atom. The molecule has 1 amide bonds. The number of sulfonamides is 1. The fourth-order valence-electron chi connectivity index (χ4n) is 2.52. The lowest BCUT2D eigenvalue weighted by molar-refractivity contribution is -0.119. The van der Waals surface area contributed by atoms with E-state index in [0.717, 1.165) is 0 Å². The van der Waals surface area contributed by atoms with E-state index in [4.69, 9.17) is 21.1 Å². The molecule has 0 aromatic heterocycles. The number of rotatable bonds is 9. The molecule has 1 N–H and O–H groups in total. The van der Waals surface area contributed by atoms with Crippen LogP contribution in [0.5, 0.6) is 11.5 Å². The van der Waals surface area contributed by atoms with Gasteiger partial charge in [0.25, 0.3) is 0 Å². The second-order valence-corrected chi connectivity index (χ2v) is 8.16. The molecule has 2 aromatic rings. The first-order valence-corrected chi connectivity index (χ1v) is 10.5. The molecule has 0 unspecified atom stereocenters. The number of ether oxygens (including phenoxy) is 2. The highest BCUT2D eigenvalue weighted by atomic mass is 35.5. The number of benzene rings is 2. The largest absolute Gasteiger partial charge is 0.455 e. The number of hydrogen-bond acceptors (Lipinski definition) is 5. The summed E-state index contributed by atoms with van der Waals surface area (Å²) in [6.07, 6.45) is 0. The Bertz CT molecular complexity index is 912. The molecule has 0 atom stereocenters. The average molecular weight is 427 g/mol. The van der Waals surface area contributed by atoms with Crippen molar-refractivity contribution in [3.8, 4) is 11.5 Å². The standard InChI is InChI=1S/C19H23ClN2O5S/c1-4-22(5-2)28(24,25)16-10-11-18(17(12-16)21-19(23)13-26-3)27-15-8-6-14(20)7-9-15/h6-12H,4-5,13H2,1-3H3,(H,21,23). The highest BCUT2D eigenvalue weighted by Gasteiger charge is 2.23. The Hall–Kier alpha value is -2.13. The quantitative estimate of drug-likeness (QED) is 0.660. The molecule has 9 heteroatoms. The first kappa shape index (κ1) is 22.2. The van der Waals surface area contributed by atoms with Gasteiger partial charge in [-0.25, -0.2) is 8.42 Å². The monoisotopic (exact) mass is 426 g/mol. The third kappa shape index (κ3) is 5.45. The van der Waals surface area contributed by atoms with E-state index >= 15 is 0 Å². The number of methoxy groups -OCH3 is 1. The van der Waals surface area contributed by atoms with Crippen LogP contribution in [0, 0.1) is 0 Å². The van der Waals surface area contributed by atoms with Crippen molar-refractivity contribution in [2.24, 2.45) is 0 Å². The molecule has 0 heterocycles. The number of carbonyl (C=O) groups excluding carboxylic acids is 1. The summed E-state index contributed by atoms with van der Waals surface area (Å²) in [6.45, 7) is 4.04. The van der Waals surface area contributed by atoms with Crippen molar-refractivity contribution in [1.29, 1.82) is 0 Å². The first-order valence-electron chi connectivity index (χ1n) is 8.68. The van der Waals surface area contributed by atoms with Crippen LogP contribution in [0.4, 0.5) is 5.69 Å². The first-order chi connectivity index (χ1) is 13.3. The predicted molar refractivity (Wildman–Crippen MR) is 109 cm³/mol. The van der Waals surface area contributed by atoms with Crippen molar-refractivity contribution in [2.45, 2.75) is 18.7 Å². The molecule has 152 valence electrons. The van der Waals surface area contributed by atoms with Crippen LogP contribution in [0.3, 0.4) is 0 Å². The molecule has 0 saturated heterocycles. The summed E-state index contributed by atoms with van der Waals surface area (Å²) in [7, 11) is -2.29. The number of halogens is 1. The Kier molecular flexibility index (Phi) is 7.82. The minimum absolute atomic E-state index is 0.0624. The molecule has 0 aliphatic rings. The molecule has 28 heavy (non-hydrogen) atoms. The summed E-state index contributed by atoms with van der Waals surface area (Å²) in [4.78, 5) is 12.1. The van der Waals surface area contributed by atoms with E-state index in [1.807, 2.05) is 0 Å². The third-order valence-electron chi connectivity index (χ3n) is 3.89. The van der Waals surface area contributed by atoms with Crippen LogP contribution in [0.25, 0.3) is 0 Å². The van der Waals surface area contributed by atoms with E-state index in [2.05, 4.69) is 5.32 Å². The van der Waals surface area contributed by atoms with E-state index in [1.54, 1.807) is 38.1 Å². The maximum absolute atomic E-state index is 12.8. The van der Waals surface area contributed by atoms with Gasteiger partial charge in [0, 0.05) is 25.2 Å². The van der Waals surface area contributed by atoms with Gasteiger partial charge in [0.15, 0.2) is 5.75 Å². The van der Waals surface area contributed by atoms with Gasteiger partial charge in [-0.2, -0.15) is 4.31 Å². The lowest BCUT2D eigenvalue weighted by Crippen LogP contribution is -2.30. The molecular weight excluding hydrogens is 404 g/mol. The molecule has 7 nitrogen and oxygen atoms in total. The summed E-state index contributed by atoms with van der Waals surface area (Å²) in [5, 5.41) is 3.19. The van der Waals surface area contributed by atoms with Gasteiger partial charge in [0.2, 0.25) is 15.9 Å². The lowest BCUT2D eigenvalue weighted by atomic mass is 10.2. The van der Waals surface area contributed by atoms with Gasteiger partial charge in [-0.15, -0.1) is 0 Å². The number of nitrogens with zero attached hydrogens (tertiary/aromatic N) is 1. The lowest BCUT2D eigenvalue weighted by Gasteiger charge is -2.20. The summed E-state index contributed by atoms with van der Waals surface area (Å²) in [5.74, 6) is 0.358. The Balaban J connectivity index is 2.44. The summed E-state index contributed by atoms with van der Waals surface area (Å²) < 4.78 is 37.6. The summed E-state index contributed by atoms with van der Waals surface area (Å²) >= 11 is 5.88. The molecular formula is C19H23ClN2O5S. The van der Waals surface area contributed by atoms with Crippen molar-refractivity contribution < 1.29 is 22.7 Å². The molecule has 0 radical (unpaired) electrons. The highest BCUT2D eigenvalue weighted by molar-refractivity contribution is 7.89. The normalized spacial score (nSPS) is 11.5. The van der Waals surface area contributed by atoms with Gasteiger partial charge in [0.1, 0.15) is 12.4 Å². The van der Waals surface area contributed by atoms with E-state index < -0.39 is 15.9 Å². The fourth-order valence-corrected chi connectivity index (χ4v) is 4.13. The maximum atomic E-state index is 12.8. The van der Waals surface area contributed by atoms with Crippen LogP contribution < -0.4 is 10.1 Å². The number of anilines is 1. The van der Waals surface area contributed by atoms with Gasteiger partial charge in [-0.1, -0.05) is 25.4 Å². The second kappa shape index (κ2) is 9.88. The van der Waals surface area contributed by atoms with Crippen molar-refractivity contribution in [3.63, 3.8) is 0 Å². The van der Waals surface area contributed by atoms with E-state index in [0.29, 0.717) is 29.6 Å². The van der Waals surface area contributed by atoms with Gasteiger partial charge < -0.3 is 14.8 Å². The Morgan fingerprint density at radius 2 is 1.75 bits per heavy atom. The SMILES string of the molecule is CCN(CC)S(=O)(=O)c1ccc(Oc2ccc(Cl)cc2)c(NC(=O)COC)c1. The predicted octanol–water partition coefficient (Wildman–Crippen LogP) is 3.75. The number of hydrogen-bond donors (Lipinski definition) is 1. The second-order valence-electron chi connectivity index (χ2n) is 5.78. The molecule has 2 rings (SSSR count). The topological polar surface area (TPSA) is 84.9 Å². The van der Waals surface area contributed by atoms with E-state index in [1.165, 1.54) is 29.6 Å². The zero-order valence-corrected chi connectivity index (χ0v) is 17.5. The third-order valence-corrected chi connectivity index (χ3v) is 6.18. The molecule has 0 saturated carbocycles. The van der Waals surface area contributed by atoms with Gasteiger partial charge in [-0.05, 0) is 42.5 Å². The molecule has 0 spiro atoms. The Morgan fingerprint density at radius 1 is 1.11 bits per heavy atom. The molecule has 2 aromatic carbocycles. The molecule has 0 aliphatic carbocycles. The zero-order chi connectivity index (χ0) is 20.7. The van der Waals surface area contributed by atoms with Crippen molar-refractivity contribution in [2.75, 3.05) is 32.1 Å². The highest BCUT2D eigenvalue weighted by Crippen LogP contribution is 2.33. The average Bonchev–Trinajstić information content (AvgIpc) is 2.65. The van der Waals surface area contributed by atoms with E-state index in [9.17, 15) is 13.2 Å². The van der Waals surface area contributed by atoms with Gasteiger partial charge in [-0.3, -0.25) is 4.79 Å². The maximum Gasteiger partial charge on any atom is 0.250 e. The van der Waals surface area contributed by atoms with Gasteiger partial charge >= 0.3 is 0 Å². The summed E-state index contributed by atoms with van der Waals surface area (Å²) in [5.41, 5.74) is 0.227. The van der Waals surface area contributed by atoms with Crippen LogP contribution in [0.2, 0.25) is 5.02 Å². The summed E-state index contributed by atoms with van der Waals surface area (Å²) in [6, 6.07) is 11.0. The van der Waals surface area contributed by atoms with Crippen molar-refractivity contribution in [1.82, 2.24) is 4.31 Å². The van der Waals surface area contributed by atoms with Crippen molar-refractivity contribution >= 4 is 33.2 Å². The molecule has 0 aliphatic heterocycles. The minimum Gasteiger partial charge on any atom is -0.455 e. The van der Waals surface area contributed by atoms with Crippen LogP contribution in [-0.4, -0.2) is 45.4 Å². The number of amides is 1. The number of nitrogens with one attached hydrogen (secondary N) is 1. The Labute approximate surface area is 170 Å². The van der Waals surface area contributed by atoms with Gasteiger partial charge in [0.05, 0.1) is 10.6 Å².